The molecular weight excluding hydrogens is 280 g/mol. The smallest absolute Gasteiger partial charge is 0.242 e. The normalized spacial score (nSPS) is 12.4. The number of nitrogen functional groups attached to an aromatic ring is 1. The fourth-order valence-electron chi connectivity index (χ4n) is 1.49. The highest BCUT2D eigenvalue weighted by Gasteiger charge is 2.17. The zero-order valence-corrected chi connectivity index (χ0v) is 13.1. The molecule has 114 valence electrons. The van der Waals surface area contributed by atoms with E-state index in [1.54, 1.807) is 13.2 Å². The van der Waals surface area contributed by atoms with Crippen LogP contribution in [-0.4, -0.2) is 34.8 Å². The Hall–Kier alpha value is -1.31. The van der Waals surface area contributed by atoms with Crippen molar-refractivity contribution in [2.24, 2.45) is 0 Å². The zero-order chi connectivity index (χ0) is 15.4. The zero-order valence-electron chi connectivity index (χ0n) is 12.3. The molecule has 0 saturated carbocycles. The number of sulfonamides is 1. The van der Waals surface area contributed by atoms with Crippen LogP contribution in [0.5, 0.6) is 5.75 Å². The van der Waals surface area contributed by atoms with Gasteiger partial charge in [-0.1, -0.05) is 0 Å². The molecule has 0 bridgehead atoms. The molecule has 0 heterocycles. The largest absolute Gasteiger partial charge is 0.493 e. The van der Waals surface area contributed by atoms with Crippen LogP contribution in [0.15, 0.2) is 23.1 Å². The first-order valence-corrected chi connectivity index (χ1v) is 7.71. The summed E-state index contributed by atoms with van der Waals surface area (Å²) >= 11 is 0. The van der Waals surface area contributed by atoms with Gasteiger partial charge in [0.15, 0.2) is 0 Å². The number of hydrogen-bond donors (Lipinski definition) is 2. The molecule has 1 aromatic carbocycles. The minimum absolute atomic E-state index is 0.0459. The fraction of sp³-hybridized carbons (Fsp3) is 0.538. The van der Waals surface area contributed by atoms with Crippen LogP contribution in [0.2, 0.25) is 0 Å². The van der Waals surface area contributed by atoms with Crippen LogP contribution >= 0.6 is 0 Å². The Balaban J connectivity index is 2.74. The van der Waals surface area contributed by atoms with Gasteiger partial charge in [0.25, 0.3) is 0 Å². The number of nitrogens with two attached hydrogens (primary N) is 1. The molecule has 1 aromatic rings. The van der Waals surface area contributed by atoms with Gasteiger partial charge in [0.05, 0.1) is 17.9 Å². The van der Waals surface area contributed by atoms with Crippen LogP contribution < -0.4 is 15.2 Å². The molecule has 0 aliphatic rings. The van der Waals surface area contributed by atoms with Crippen molar-refractivity contribution in [3.05, 3.63) is 18.2 Å². The van der Waals surface area contributed by atoms with E-state index in [1.165, 1.54) is 19.2 Å². The average Bonchev–Trinajstić information content (AvgIpc) is 2.38. The van der Waals surface area contributed by atoms with Gasteiger partial charge in [-0.2, -0.15) is 0 Å². The molecule has 0 spiro atoms. The van der Waals surface area contributed by atoms with E-state index in [1.807, 2.05) is 13.8 Å². The van der Waals surface area contributed by atoms with Crippen LogP contribution in [0.4, 0.5) is 5.69 Å². The third-order valence-electron chi connectivity index (χ3n) is 3.06. The molecule has 20 heavy (non-hydrogen) atoms. The molecule has 0 unspecified atom stereocenters. The third kappa shape index (κ3) is 4.36. The lowest BCUT2D eigenvalue weighted by Gasteiger charge is -2.22. The minimum Gasteiger partial charge on any atom is -0.493 e. The van der Waals surface area contributed by atoms with Crippen molar-refractivity contribution in [1.29, 1.82) is 0 Å². The van der Waals surface area contributed by atoms with Gasteiger partial charge in [-0.25, -0.2) is 13.1 Å². The van der Waals surface area contributed by atoms with Gasteiger partial charge in [0, 0.05) is 19.6 Å². The van der Waals surface area contributed by atoms with Crippen LogP contribution in [0.1, 0.15) is 20.3 Å². The Labute approximate surface area is 120 Å². The monoisotopic (exact) mass is 302 g/mol. The minimum atomic E-state index is -3.54. The standard InChI is InChI=1S/C13H22N2O4S/c1-13(2,18-4)7-8-19-10-5-6-12(11(14)9-10)20(16,17)15-3/h5-6,9,15H,7-8,14H2,1-4H3. The van der Waals surface area contributed by atoms with E-state index < -0.39 is 10.0 Å². The molecule has 6 nitrogen and oxygen atoms in total. The van der Waals surface area contributed by atoms with Crippen LogP contribution in [0.3, 0.4) is 0 Å². The SMILES string of the molecule is CNS(=O)(=O)c1ccc(OCCC(C)(C)OC)cc1N. The van der Waals surface area contributed by atoms with E-state index >= 15 is 0 Å². The van der Waals surface area contributed by atoms with Crippen LogP contribution in [0, 0.1) is 0 Å². The second kappa shape index (κ2) is 6.43. The highest BCUT2D eigenvalue weighted by molar-refractivity contribution is 7.89. The molecule has 0 radical (unpaired) electrons. The summed E-state index contributed by atoms with van der Waals surface area (Å²) in [6.07, 6.45) is 0.708. The number of benzene rings is 1. The van der Waals surface area contributed by atoms with Gasteiger partial charge in [-0.05, 0) is 33.0 Å². The topological polar surface area (TPSA) is 90.7 Å². The molecule has 0 fully saturated rings. The van der Waals surface area contributed by atoms with Gasteiger partial charge in [-0.15, -0.1) is 0 Å². The summed E-state index contributed by atoms with van der Waals surface area (Å²) in [4.78, 5) is 0.0459. The molecule has 0 amide bonds. The number of nitrogens with one attached hydrogen (secondary N) is 1. The van der Waals surface area contributed by atoms with Gasteiger partial charge in [0.2, 0.25) is 10.0 Å². The first-order valence-electron chi connectivity index (χ1n) is 6.23. The van der Waals surface area contributed by atoms with Gasteiger partial charge >= 0.3 is 0 Å². The second-order valence-corrected chi connectivity index (χ2v) is 6.82. The predicted octanol–water partition coefficient (Wildman–Crippen LogP) is 1.37. The van der Waals surface area contributed by atoms with E-state index in [-0.39, 0.29) is 16.2 Å². The van der Waals surface area contributed by atoms with Crippen molar-refractivity contribution < 1.29 is 17.9 Å². The number of hydrogen-bond acceptors (Lipinski definition) is 5. The van der Waals surface area contributed by atoms with Crippen molar-refractivity contribution in [1.82, 2.24) is 4.72 Å². The fourth-order valence-corrected chi connectivity index (χ4v) is 2.32. The maximum Gasteiger partial charge on any atom is 0.242 e. The lowest BCUT2D eigenvalue weighted by molar-refractivity contribution is 0.00546. The van der Waals surface area contributed by atoms with Crippen molar-refractivity contribution >= 4 is 15.7 Å². The highest BCUT2D eigenvalue weighted by Crippen LogP contribution is 2.24. The molecular formula is C13H22N2O4S. The van der Waals surface area contributed by atoms with E-state index in [0.29, 0.717) is 18.8 Å². The van der Waals surface area contributed by atoms with Crippen molar-refractivity contribution in [2.75, 3.05) is 26.5 Å². The summed E-state index contributed by atoms with van der Waals surface area (Å²) in [7, 11) is -0.556. The number of rotatable bonds is 7. The van der Waals surface area contributed by atoms with E-state index in [2.05, 4.69) is 4.72 Å². The maximum atomic E-state index is 11.7. The van der Waals surface area contributed by atoms with Crippen LogP contribution in [0.25, 0.3) is 0 Å². The number of anilines is 1. The summed E-state index contributed by atoms with van der Waals surface area (Å²) in [6, 6.07) is 4.52. The van der Waals surface area contributed by atoms with Crippen molar-refractivity contribution in [2.45, 2.75) is 30.8 Å². The Morgan fingerprint density at radius 1 is 1.35 bits per heavy atom. The number of methoxy groups -OCH3 is 1. The molecule has 0 saturated heterocycles. The molecule has 3 N–H and O–H groups in total. The number of ether oxygens (including phenoxy) is 2. The van der Waals surface area contributed by atoms with Crippen molar-refractivity contribution in [3.63, 3.8) is 0 Å². The van der Waals surface area contributed by atoms with E-state index in [0.717, 1.165) is 0 Å². The predicted molar refractivity (Wildman–Crippen MR) is 78.3 cm³/mol. The molecule has 0 atom stereocenters. The van der Waals surface area contributed by atoms with E-state index in [4.69, 9.17) is 15.2 Å². The first-order chi connectivity index (χ1) is 9.22. The third-order valence-corrected chi connectivity index (χ3v) is 4.55. The van der Waals surface area contributed by atoms with Gasteiger partial charge in [0.1, 0.15) is 10.6 Å². The Morgan fingerprint density at radius 3 is 2.50 bits per heavy atom. The average molecular weight is 302 g/mol. The summed E-state index contributed by atoms with van der Waals surface area (Å²) in [5.41, 5.74) is 5.64. The molecule has 0 aliphatic carbocycles. The quantitative estimate of drug-likeness (QED) is 0.742. The van der Waals surface area contributed by atoms with Gasteiger partial charge in [-0.3, -0.25) is 0 Å². The summed E-state index contributed by atoms with van der Waals surface area (Å²) in [5.74, 6) is 0.532. The summed E-state index contributed by atoms with van der Waals surface area (Å²) in [6.45, 7) is 4.39. The molecule has 0 aromatic heterocycles. The Kier molecular flexibility index (Phi) is 5.38. The van der Waals surface area contributed by atoms with E-state index in [9.17, 15) is 8.42 Å². The molecule has 0 aliphatic heterocycles. The van der Waals surface area contributed by atoms with Crippen molar-refractivity contribution in [3.8, 4) is 5.75 Å². The Bertz CT molecular complexity index is 555. The lowest BCUT2D eigenvalue weighted by atomic mass is 10.1. The summed E-state index contributed by atoms with van der Waals surface area (Å²) in [5, 5.41) is 0. The molecule has 1 rings (SSSR count). The second-order valence-electron chi connectivity index (χ2n) is 4.97. The first kappa shape index (κ1) is 16.7. The Morgan fingerprint density at radius 2 is 2.00 bits per heavy atom. The summed E-state index contributed by atoms with van der Waals surface area (Å²) < 4.78 is 36.4. The maximum absolute atomic E-state index is 11.7. The lowest BCUT2D eigenvalue weighted by Crippen LogP contribution is -2.25. The van der Waals surface area contributed by atoms with Crippen LogP contribution in [-0.2, 0) is 14.8 Å². The molecule has 7 heteroatoms. The highest BCUT2D eigenvalue weighted by atomic mass is 32.2. The van der Waals surface area contributed by atoms with Gasteiger partial charge < -0.3 is 15.2 Å².